The van der Waals surface area contributed by atoms with E-state index in [0.29, 0.717) is 12.2 Å². The lowest BCUT2D eigenvalue weighted by atomic mass is 10.1. The monoisotopic (exact) mass is 285 g/mol. The van der Waals surface area contributed by atoms with Crippen molar-refractivity contribution in [1.82, 2.24) is 0 Å². The third kappa shape index (κ3) is 3.14. The lowest BCUT2D eigenvalue weighted by Gasteiger charge is -2.21. The zero-order chi connectivity index (χ0) is 14.8. The van der Waals surface area contributed by atoms with Crippen molar-refractivity contribution in [2.75, 3.05) is 11.9 Å². The summed E-state index contributed by atoms with van der Waals surface area (Å²) in [6.07, 6.45) is -1.42. The number of aliphatic hydroxyl groups excluding tert-OH is 1. The SMILES string of the molecule is CN(Cc1ccoc1)c1ccc(CO)c(C(F)(F)F)c1. The second-order valence-corrected chi connectivity index (χ2v) is 4.48. The van der Waals surface area contributed by atoms with E-state index < -0.39 is 18.3 Å². The Hall–Kier alpha value is -1.95. The Morgan fingerprint density at radius 1 is 1.25 bits per heavy atom. The van der Waals surface area contributed by atoms with Crippen molar-refractivity contribution < 1.29 is 22.7 Å². The van der Waals surface area contributed by atoms with E-state index in [1.807, 2.05) is 0 Å². The van der Waals surface area contributed by atoms with Crippen LogP contribution >= 0.6 is 0 Å². The Morgan fingerprint density at radius 3 is 2.55 bits per heavy atom. The second kappa shape index (κ2) is 5.58. The van der Waals surface area contributed by atoms with Gasteiger partial charge in [0.2, 0.25) is 0 Å². The molecule has 6 heteroatoms. The summed E-state index contributed by atoms with van der Waals surface area (Å²) in [6, 6.07) is 5.65. The lowest BCUT2D eigenvalue weighted by molar-refractivity contribution is -0.138. The Balaban J connectivity index is 2.28. The molecule has 0 saturated carbocycles. The molecule has 3 nitrogen and oxygen atoms in total. The van der Waals surface area contributed by atoms with E-state index in [2.05, 4.69) is 0 Å². The van der Waals surface area contributed by atoms with Crippen LogP contribution in [0.1, 0.15) is 16.7 Å². The van der Waals surface area contributed by atoms with Crippen molar-refractivity contribution in [2.24, 2.45) is 0 Å². The highest BCUT2D eigenvalue weighted by atomic mass is 19.4. The first kappa shape index (κ1) is 14.5. The Labute approximate surface area is 114 Å². The minimum Gasteiger partial charge on any atom is -0.472 e. The van der Waals surface area contributed by atoms with Crippen LogP contribution < -0.4 is 4.90 Å². The van der Waals surface area contributed by atoms with Crippen LogP contribution in [-0.2, 0) is 19.3 Å². The number of alkyl halides is 3. The molecule has 0 aliphatic heterocycles. The molecule has 0 saturated heterocycles. The highest BCUT2D eigenvalue weighted by molar-refractivity contribution is 5.51. The second-order valence-electron chi connectivity index (χ2n) is 4.48. The molecule has 2 rings (SSSR count). The van der Waals surface area contributed by atoms with E-state index in [4.69, 9.17) is 9.52 Å². The first-order valence-corrected chi connectivity index (χ1v) is 5.95. The van der Waals surface area contributed by atoms with Gasteiger partial charge >= 0.3 is 6.18 Å². The Kier molecular flexibility index (Phi) is 4.04. The predicted molar refractivity (Wildman–Crippen MR) is 68.2 cm³/mol. The summed E-state index contributed by atoms with van der Waals surface area (Å²) in [5.41, 5.74) is 0.359. The van der Waals surface area contributed by atoms with Crippen molar-refractivity contribution in [3.63, 3.8) is 0 Å². The maximum atomic E-state index is 12.9. The minimum absolute atomic E-state index is 0.127. The molecule has 0 fully saturated rings. The van der Waals surface area contributed by atoms with Crippen LogP contribution in [0.5, 0.6) is 0 Å². The standard InChI is InChI=1S/C14H14F3NO2/c1-18(7-10-4-5-20-9-10)12-3-2-11(8-19)13(6-12)14(15,16)17/h2-6,9,19H,7-8H2,1H3. The molecule has 0 amide bonds. The quantitative estimate of drug-likeness (QED) is 0.935. The molecule has 0 spiro atoms. The molecule has 0 aliphatic rings. The summed E-state index contributed by atoms with van der Waals surface area (Å²) in [5, 5.41) is 8.99. The van der Waals surface area contributed by atoms with Gasteiger partial charge in [-0.15, -0.1) is 0 Å². The van der Waals surface area contributed by atoms with E-state index in [1.54, 1.807) is 30.3 Å². The lowest BCUT2D eigenvalue weighted by Crippen LogP contribution is -2.18. The van der Waals surface area contributed by atoms with E-state index in [1.165, 1.54) is 12.3 Å². The van der Waals surface area contributed by atoms with Crippen molar-refractivity contribution in [1.29, 1.82) is 0 Å². The molecule has 2 aromatic rings. The number of benzene rings is 1. The molecule has 0 aliphatic carbocycles. The summed E-state index contributed by atoms with van der Waals surface area (Å²) < 4.78 is 43.7. The van der Waals surface area contributed by atoms with Gasteiger partial charge in [0, 0.05) is 24.8 Å². The molecule has 1 aromatic heterocycles. The first-order chi connectivity index (χ1) is 9.41. The molecular formula is C14H14F3NO2. The molecule has 1 aromatic carbocycles. The molecule has 0 atom stereocenters. The fourth-order valence-corrected chi connectivity index (χ4v) is 1.95. The average molecular weight is 285 g/mol. The number of halogens is 3. The number of rotatable bonds is 4. The third-order valence-electron chi connectivity index (χ3n) is 3.01. The fourth-order valence-electron chi connectivity index (χ4n) is 1.95. The fraction of sp³-hybridized carbons (Fsp3) is 0.286. The molecule has 0 radical (unpaired) electrons. The number of furan rings is 1. The molecule has 0 unspecified atom stereocenters. The molecule has 108 valence electrons. The average Bonchev–Trinajstić information content (AvgIpc) is 2.89. The van der Waals surface area contributed by atoms with Crippen molar-refractivity contribution in [2.45, 2.75) is 19.3 Å². The molecule has 1 heterocycles. The van der Waals surface area contributed by atoms with Gasteiger partial charge in [-0.25, -0.2) is 0 Å². The number of hydrogen-bond donors (Lipinski definition) is 1. The smallest absolute Gasteiger partial charge is 0.416 e. The number of hydrogen-bond acceptors (Lipinski definition) is 3. The van der Waals surface area contributed by atoms with Crippen LogP contribution in [0.3, 0.4) is 0 Å². The van der Waals surface area contributed by atoms with Crippen molar-refractivity contribution in [3.8, 4) is 0 Å². The zero-order valence-corrected chi connectivity index (χ0v) is 10.8. The zero-order valence-electron chi connectivity index (χ0n) is 10.8. The van der Waals surface area contributed by atoms with Crippen LogP contribution in [0.25, 0.3) is 0 Å². The predicted octanol–water partition coefficient (Wildman–Crippen LogP) is 3.43. The van der Waals surface area contributed by atoms with Crippen LogP contribution in [0.15, 0.2) is 41.2 Å². The van der Waals surface area contributed by atoms with Gasteiger partial charge in [0.1, 0.15) is 0 Å². The van der Waals surface area contributed by atoms with E-state index >= 15 is 0 Å². The van der Waals surface area contributed by atoms with Gasteiger partial charge < -0.3 is 14.4 Å². The van der Waals surface area contributed by atoms with Gasteiger partial charge in [0.25, 0.3) is 0 Å². The van der Waals surface area contributed by atoms with Crippen LogP contribution in [-0.4, -0.2) is 12.2 Å². The van der Waals surface area contributed by atoms with E-state index in [9.17, 15) is 13.2 Å². The van der Waals surface area contributed by atoms with Crippen molar-refractivity contribution >= 4 is 5.69 Å². The van der Waals surface area contributed by atoms with Crippen molar-refractivity contribution in [3.05, 3.63) is 53.5 Å². The van der Waals surface area contributed by atoms with Crippen LogP contribution in [0, 0.1) is 0 Å². The molecular weight excluding hydrogens is 271 g/mol. The molecule has 1 N–H and O–H groups in total. The number of anilines is 1. The summed E-state index contributed by atoms with van der Waals surface area (Å²) in [4.78, 5) is 1.68. The van der Waals surface area contributed by atoms with Crippen LogP contribution in [0.2, 0.25) is 0 Å². The van der Waals surface area contributed by atoms with Gasteiger partial charge in [-0.2, -0.15) is 13.2 Å². The van der Waals surface area contributed by atoms with E-state index in [-0.39, 0.29) is 5.56 Å². The topological polar surface area (TPSA) is 36.6 Å². The van der Waals surface area contributed by atoms with Gasteiger partial charge in [-0.3, -0.25) is 0 Å². The maximum absolute atomic E-state index is 12.9. The maximum Gasteiger partial charge on any atom is 0.416 e. The molecule has 0 bridgehead atoms. The van der Waals surface area contributed by atoms with Gasteiger partial charge in [0.05, 0.1) is 24.7 Å². The summed E-state index contributed by atoms with van der Waals surface area (Å²) in [5.74, 6) is 0. The third-order valence-corrected chi connectivity index (χ3v) is 3.01. The Bertz CT molecular complexity index is 564. The highest BCUT2D eigenvalue weighted by Crippen LogP contribution is 2.34. The van der Waals surface area contributed by atoms with Gasteiger partial charge in [-0.05, 0) is 23.8 Å². The highest BCUT2D eigenvalue weighted by Gasteiger charge is 2.33. The summed E-state index contributed by atoms with van der Waals surface area (Å²) in [6.45, 7) is -0.202. The summed E-state index contributed by atoms with van der Waals surface area (Å²) in [7, 11) is 1.70. The normalized spacial score (nSPS) is 11.7. The number of aliphatic hydroxyl groups is 1. The first-order valence-electron chi connectivity index (χ1n) is 5.95. The van der Waals surface area contributed by atoms with Gasteiger partial charge in [0.15, 0.2) is 0 Å². The Morgan fingerprint density at radius 2 is 2.00 bits per heavy atom. The van der Waals surface area contributed by atoms with Gasteiger partial charge in [-0.1, -0.05) is 6.07 Å². The molecule has 20 heavy (non-hydrogen) atoms. The number of nitrogens with zero attached hydrogens (tertiary/aromatic N) is 1. The minimum atomic E-state index is -4.48. The largest absolute Gasteiger partial charge is 0.472 e. The van der Waals surface area contributed by atoms with Crippen LogP contribution in [0.4, 0.5) is 18.9 Å². The summed E-state index contributed by atoms with van der Waals surface area (Å²) >= 11 is 0. The van der Waals surface area contributed by atoms with E-state index in [0.717, 1.165) is 11.6 Å².